The predicted octanol–water partition coefficient (Wildman–Crippen LogP) is 4.30. The van der Waals surface area contributed by atoms with Gasteiger partial charge in [-0.05, 0) is 34.5 Å². The maximum Gasteiger partial charge on any atom is 0.352 e. The summed E-state index contributed by atoms with van der Waals surface area (Å²) in [4.78, 5) is 24.6. The molecule has 0 aromatic heterocycles. The molecule has 0 fully saturated rings. The van der Waals surface area contributed by atoms with Gasteiger partial charge in [0.15, 0.2) is 0 Å². The third-order valence-electron chi connectivity index (χ3n) is 3.08. The quantitative estimate of drug-likeness (QED) is 0.705. The van der Waals surface area contributed by atoms with Crippen LogP contribution < -0.4 is 0 Å². The van der Waals surface area contributed by atoms with E-state index in [0.717, 1.165) is 0 Å². The van der Waals surface area contributed by atoms with E-state index in [1.165, 1.54) is 0 Å². The molecular weight excluding hydrogens is 360 g/mol. The van der Waals surface area contributed by atoms with Crippen molar-refractivity contribution in [3.8, 4) is 0 Å². The molecule has 0 aliphatic heterocycles. The van der Waals surface area contributed by atoms with Crippen LogP contribution in [0.4, 0.5) is 0 Å². The highest BCUT2D eigenvalue weighted by atomic mass is 79.9. The van der Waals surface area contributed by atoms with Gasteiger partial charge in [-0.25, -0.2) is 9.59 Å². The molecule has 5 heteroatoms. The summed E-state index contributed by atoms with van der Waals surface area (Å²) in [5.41, 5.74) is 0.936. The van der Waals surface area contributed by atoms with E-state index in [4.69, 9.17) is 9.47 Å². The number of benzene rings is 2. The minimum Gasteiger partial charge on any atom is -0.463 e. The number of carbonyl (C=O) groups is 2. The first-order valence-electron chi connectivity index (χ1n) is 7.30. The summed E-state index contributed by atoms with van der Waals surface area (Å²) >= 11 is 3.31. The summed E-state index contributed by atoms with van der Waals surface area (Å²) < 4.78 is 11.2. The number of halogens is 1. The topological polar surface area (TPSA) is 52.6 Å². The Morgan fingerprint density at radius 3 is 2.35 bits per heavy atom. The van der Waals surface area contributed by atoms with Crippen molar-refractivity contribution < 1.29 is 19.1 Å². The van der Waals surface area contributed by atoms with Crippen molar-refractivity contribution in [2.24, 2.45) is 0 Å². The average Bonchev–Trinajstić information content (AvgIpc) is 2.58. The molecule has 0 aliphatic carbocycles. The van der Waals surface area contributed by atoms with Gasteiger partial charge in [0, 0.05) is 10.0 Å². The third kappa shape index (κ3) is 4.66. The van der Waals surface area contributed by atoms with Crippen LogP contribution in [0.3, 0.4) is 0 Å². The maximum absolute atomic E-state index is 12.4. The molecule has 2 aromatic carbocycles. The van der Waals surface area contributed by atoms with Crippen LogP contribution >= 0.6 is 15.9 Å². The normalized spacial score (nSPS) is 11.6. The molecule has 0 saturated carbocycles. The summed E-state index contributed by atoms with van der Waals surface area (Å²) in [6, 6.07) is 15.7. The van der Waals surface area contributed by atoms with Crippen LogP contribution in [0, 0.1) is 0 Å². The van der Waals surface area contributed by atoms with Crippen LogP contribution in [0.25, 0.3) is 0 Å². The smallest absolute Gasteiger partial charge is 0.352 e. The molecular formula is C18H17BrO4. The first-order chi connectivity index (χ1) is 11.1. The number of esters is 2. The zero-order valence-electron chi connectivity index (χ0n) is 12.7. The van der Waals surface area contributed by atoms with Crippen LogP contribution in [0.2, 0.25) is 0 Å². The Morgan fingerprint density at radius 2 is 1.70 bits per heavy atom. The second-order valence-electron chi connectivity index (χ2n) is 4.84. The highest BCUT2D eigenvalue weighted by Crippen LogP contribution is 2.24. The van der Waals surface area contributed by atoms with Gasteiger partial charge >= 0.3 is 11.9 Å². The van der Waals surface area contributed by atoms with Gasteiger partial charge < -0.3 is 9.47 Å². The molecule has 0 N–H and O–H groups in total. The average molecular weight is 377 g/mol. The number of ether oxygens (including phenoxy) is 2. The Bertz CT molecular complexity index is 670. The molecule has 1 unspecified atom stereocenters. The fraction of sp³-hybridized carbons (Fsp3) is 0.222. The molecule has 2 aromatic rings. The second kappa shape index (κ2) is 8.48. The van der Waals surface area contributed by atoms with Gasteiger partial charge in [0.05, 0.1) is 12.2 Å². The molecule has 2 rings (SSSR count). The molecule has 0 bridgehead atoms. The van der Waals surface area contributed by atoms with E-state index in [0.29, 0.717) is 22.0 Å². The Kier molecular flexibility index (Phi) is 6.35. The lowest BCUT2D eigenvalue weighted by molar-refractivity contribution is -0.154. The Balaban J connectivity index is 2.22. The first-order valence-corrected chi connectivity index (χ1v) is 8.10. The van der Waals surface area contributed by atoms with Crippen LogP contribution in [-0.2, 0) is 14.3 Å². The van der Waals surface area contributed by atoms with Crippen LogP contribution in [0.1, 0.15) is 35.4 Å². The van der Waals surface area contributed by atoms with Crippen molar-refractivity contribution in [2.75, 3.05) is 6.61 Å². The highest BCUT2D eigenvalue weighted by Gasteiger charge is 2.27. The van der Waals surface area contributed by atoms with Crippen molar-refractivity contribution in [1.29, 1.82) is 0 Å². The summed E-state index contributed by atoms with van der Waals surface area (Å²) in [5.74, 6) is -1.15. The third-order valence-corrected chi connectivity index (χ3v) is 3.78. The van der Waals surface area contributed by atoms with Gasteiger partial charge in [0.25, 0.3) is 0 Å². The van der Waals surface area contributed by atoms with Gasteiger partial charge in [-0.3, -0.25) is 0 Å². The minimum absolute atomic E-state index is 0.286. The van der Waals surface area contributed by atoms with Crippen LogP contribution in [-0.4, -0.2) is 18.5 Å². The van der Waals surface area contributed by atoms with Crippen molar-refractivity contribution in [2.45, 2.75) is 19.4 Å². The number of rotatable bonds is 6. The van der Waals surface area contributed by atoms with Gasteiger partial charge in [0.2, 0.25) is 6.10 Å². The van der Waals surface area contributed by atoms with E-state index in [1.54, 1.807) is 48.5 Å². The van der Waals surface area contributed by atoms with Crippen LogP contribution in [0.15, 0.2) is 59.1 Å². The standard InChI is InChI=1S/C18H17BrO4/c1-2-12-22-18(21)16(13-8-4-3-5-9-13)23-17(20)14-10-6-7-11-15(14)19/h3-11,16H,2,12H2,1H3. The lowest BCUT2D eigenvalue weighted by Gasteiger charge is -2.17. The Morgan fingerprint density at radius 1 is 1.04 bits per heavy atom. The molecule has 120 valence electrons. The van der Waals surface area contributed by atoms with E-state index in [2.05, 4.69) is 15.9 Å². The van der Waals surface area contributed by atoms with Gasteiger partial charge in [0.1, 0.15) is 0 Å². The monoisotopic (exact) mass is 376 g/mol. The van der Waals surface area contributed by atoms with E-state index >= 15 is 0 Å². The van der Waals surface area contributed by atoms with Gasteiger partial charge in [-0.1, -0.05) is 49.4 Å². The SMILES string of the molecule is CCCOC(=O)C(OC(=O)c1ccccc1Br)c1ccccc1. The molecule has 4 nitrogen and oxygen atoms in total. The molecule has 0 saturated heterocycles. The highest BCUT2D eigenvalue weighted by molar-refractivity contribution is 9.10. The van der Waals surface area contributed by atoms with Gasteiger partial charge in [-0.2, -0.15) is 0 Å². The molecule has 23 heavy (non-hydrogen) atoms. The molecule has 0 aliphatic rings. The largest absolute Gasteiger partial charge is 0.463 e. The fourth-order valence-corrected chi connectivity index (χ4v) is 2.40. The zero-order valence-corrected chi connectivity index (χ0v) is 14.3. The Labute approximate surface area is 143 Å². The molecule has 0 spiro atoms. The Hall–Kier alpha value is -2.14. The molecule has 0 heterocycles. The van der Waals surface area contributed by atoms with Crippen molar-refractivity contribution in [1.82, 2.24) is 0 Å². The fourth-order valence-electron chi connectivity index (χ4n) is 1.96. The zero-order chi connectivity index (χ0) is 16.7. The number of hydrogen-bond donors (Lipinski definition) is 0. The van der Waals surface area contributed by atoms with E-state index in [-0.39, 0.29) is 6.61 Å². The summed E-state index contributed by atoms with van der Waals surface area (Å²) in [6.07, 6.45) is -0.381. The minimum atomic E-state index is -1.08. The molecule has 0 radical (unpaired) electrons. The van der Waals surface area contributed by atoms with Crippen molar-refractivity contribution >= 4 is 27.9 Å². The summed E-state index contributed by atoms with van der Waals surface area (Å²) in [5, 5.41) is 0. The second-order valence-corrected chi connectivity index (χ2v) is 5.70. The summed E-state index contributed by atoms with van der Waals surface area (Å²) in [6.45, 7) is 2.19. The van der Waals surface area contributed by atoms with E-state index in [9.17, 15) is 9.59 Å². The first kappa shape index (κ1) is 17.2. The van der Waals surface area contributed by atoms with Crippen molar-refractivity contribution in [3.63, 3.8) is 0 Å². The van der Waals surface area contributed by atoms with Gasteiger partial charge in [-0.15, -0.1) is 0 Å². The lowest BCUT2D eigenvalue weighted by atomic mass is 10.1. The lowest BCUT2D eigenvalue weighted by Crippen LogP contribution is -2.22. The van der Waals surface area contributed by atoms with Crippen LogP contribution in [0.5, 0.6) is 0 Å². The van der Waals surface area contributed by atoms with Crippen molar-refractivity contribution in [3.05, 3.63) is 70.2 Å². The molecule has 0 amide bonds. The summed E-state index contributed by atoms with van der Waals surface area (Å²) in [7, 11) is 0. The maximum atomic E-state index is 12.4. The number of hydrogen-bond acceptors (Lipinski definition) is 4. The number of carbonyl (C=O) groups excluding carboxylic acids is 2. The predicted molar refractivity (Wildman–Crippen MR) is 90.0 cm³/mol. The van der Waals surface area contributed by atoms with E-state index in [1.807, 2.05) is 13.0 Å². The molecule has 1 atom stereocenters. The van der Waals surface area contributed by atoms with E-state index < -0.39 is 18.0 Å².